The molecule has 0 aliphatic carbocycles. The van der Waals surface area contributed by atoms with Gasteiger partial charge >= 0.3 is 12.4 Å². The second-order valence-corrected chi connectivity index (χ2v) is 3.83. The number of halogens is 6. The molecule has 2 N–H and O–H groups in total. The third kappa shape index (κ3) is 6.23. The molecule has 0 radical (unpaired) electrons. The number of primary amides is 1. The van der Waals surface area contributed by atoms with Crippen molar-refractivity contribution in [2.24, 2.45) is 5.73 Å². The van der Waals surface area contributed by atoms with E-state index in [2.05, 4.69) is 9.47 Å². The molecule has 0 unspecified atom stereocenters. The van der Waals surface area contributed by atoms with E-state index in [4.69, 9.17) is 5.73 Å². The molecule has 1 aromatic carbocycles. The Bertz CT molecular complexity index is 512. The standard InChI is InChI=1S/C11H9F6NO3/c12-10(13,14)4-20-7-2-1-6(9(18)19)3-8(7)21-5-11(15,16)17/h1-3H,4-5H2,(H2,18,19). The molecule has 0 saturated carbocycles. The van der Waals surface area contributed by atoms with E-state index >= 15 is 0 Å². The lowest BCUT2D eigenvalue weighted by atomic mass is 10.2. The Morgan fingerprint density at radius 1 is 0.952 bits per heavy atom. The summed E-state index contributed by atoms with van der Waals surface area (Å²) in [5, 5.41) is 0. The molecule has 1 rings (SSSR count). The van der Waals surface area contributed by atoms with Crippen LogP contribution in [0.3, 0.4) is 0 Å². The van der Waals surface area contributed by atoms with Crippen LogP contribution >= 0.6 is 0 Å². The maximum atomic E-state index is 12.1. The van der Waals surface area contributed by atoms with E-state index in [1.807, 2.05) is 0 Å². The highest BCUT2D eigenvalue weighted by molar-refractivity contribution is 5.93. The summed E-state index contributed by atoms with van der Waals surface area (Å²) in [4.78, 5) is 10.9. The van der Waals surface area contributed by atoms with Crippen LogP contribution in [0.15, 0.2) is 18.2 Å². The fourth-order valence-corrected chi connectivity index (χ4v) is 1.21. The molecule has 0 aliphatic heterocycles. The van der Waals surface area contributed by atoms with Gasteiger partial charge in [0, 0.05) is 5.56 Å². The summed E-state index contributed by atoms with van der Waals surface area (Å²) in [5.41, 5.74) is 4.69. The third-order valence-corrected chi connectivity index (χ3v) is 2.01. The van der Waals surface area contributed by atoms with Crippen molar-refractivity contribution < 1.29 is 40.6 Å². The van der Waals surface area contributed by atoms with Crippen molar-refractivity contribution in [1.82, 2.24) is 0 Å². The second kappa shape index (κ2) is 6.10. The SMILES string of the molecule is NC(=O)c1ccc(OCC(F)(F)F)c(OCC(F)(F)F)c1. The van der Waals surface area contributed by atoms with Gasteiger partial charge in [0.15, 0.2) is 24.7 Å². The molecule has 21 heavy (non-hydrogen) atoms. The van der Waals surface area contributed by atoms with Crippen LogP contribution in [-0.4, -0.2) is 31.5 Å². The number of hydrogen-bond donors (Lipinski definition) is 1. The number of alkyl halides is 6. The Morgan fingerprint density at radius 2 is 1.43 bits per heavy atom. The Hall–Kier alpha value is -2.13. The Morgan fingerprint density at radius 3 is 1.86 bits per heavy atom. The average molecular weight is 317 g/mol. The van der Waals surface area contributed by atoms with Gasteiger partial charge in [0.2, 0.25) is 5.91 Å². The maximum absolute atomic E-state index is 12.1. The summed E-state index contributed by atoms with van der Waals surface area (Å²) in [6.07, 6.45) is -9.38. The van der Waals surface area contributed by atoms with E-state index < -0.39 is 43.0 Å². The number of carbonyl (C=O) groups is 1. The normalized spacial score (nSPS) is 12.1. The van der Waals surface area contributed by atoms with Gasteiger partial charge in [-0.05, 0) is 18.2 Å². The molecule has 0 aromatic heterocycles. The number of rotatable bonds is 5. The fourth-order valence-electron chi connectivity index (χ4n) is 1.21. The fraction of sp³-hybridized carbons (Fsp3) is 0.364. The van der Waals surface area contributed by atoms with Crippen LogP contribution in [0.25, 0.3) is 0 Å². The first-order chi connectivity index (χ1) is 9.48. The highest BCUT2D eigenvalue weighted by Crippen LogP contribution is 2.31. The van der Waals surface area contributed by atoms with Gasteiger partial charge in [0.25, 0.3) is 0 Å². The smallest absolute Gasteiger partial charge is 0.422 e. The van der Waals surface area contributed by atoms with Crippen molar-refractivity contribution in [3.05, 3.63) is 23.8 Å². The molecular formula is C11H9F6NO3. The summed E-state index contributed by atoms with van der Waals surface area (Å²) in [6, 6.07) is 2.66. The van der Waals surface area contributed by atoms with Crippen LogP contribution < -0.4 is 15.2 Å². The summed E-state index contributed by atoms with van der Waals surface area (Å²) >= 11 is 0. The van der Waals surface area contributed by atoms with Crippen LogP contribution in [0.1, 0.15) is 10.4 Å². The minimum absolute atomic E-state index is 0.230. The zero-order chi connectivity index (χ0) is 16.3. The number of benzene rings is 1. The molecule has 4 nitrogen and oxygen atoms in total. The van der Waals surface area contributed by atoms with E-state index in [1.165, 1.54) is 0 Å². The van der Waals surface area contributed by atoms with Crippen molar-refractivity contribution in [2.45, 2.75) is 12.4 Å². The molecule has 0 fully saturated rings. The molecular weight excluding hydrogens is 308 g/mol. The first kappa shape index (κ1) is 16.9. The van der Waals surface area contributed by atoms with E-state index in [-0.39, 0.29) is 5.56 Å². The lowest BCUT2D eigenvalue weighted by Crippen LogP contribution is -2.22. The first-order valence-corrected chi connectivity index (χ1v) is 5.31. The summed E-state index contributed by atoms with van der Waals surface area (Å²) in [7, 11) is 0. The topological polar surface area (TPSA) is 61.6 Å². The Labute approximate surface area is 114 Å². The molecule has 1 aromatic rings. The van der Waals surface area contributed by atoms with Gasteiger partial charge in [-0.1, -0.05) is 0 Å². The largest absolute Gasteiger partial charge is 0.480 e. The van der Waals surface area contributed by atoms with E-state index in [1.54, 1.807) is 0 Å². The number of hydrogen-bond acceptors (Lipinski definition) is 3. The van der Waals surface area contributed by atoms with Crippen LogP contribution in [0.5, 0.6) is 11.5 Å². The van der Waals surface area contributed by atoms with Crippen LogP contribution in [0.2, 0.25) is 0 Å². The zero-order valence-electron chi connectivity index (χ0n) is 10.2. The van der Waals surface area contributed by atoms with Crippen LogP contribution in [-0.2, 0) is 0 Å². The third-order valence-electron chi connectivity index (χ3n) is 2.01. The minimum atomic E-state index is -4.70. The van der Waals surface area contributed by atoms with Gasteiger partial charge in [-0.2, -0.15) is 26.3 Å². The van der Waals surface area contributed by atoms with Crippen molar-refractivity contribution in [3.63, 3.8) is 0 Å². The number of amides is 1. The predicted octanol–water partition coefficient (Wildman–Crippen LogP) is 2.67. The van der Waals surface area contributed by atoms with Gasteiger partial charge in [-0.3, -0.25) is 4.79 Å². The van der Waals surface area contributed by atoms with E-state index in [0.29, 0.717) is 0 Å². The molecule has 0 spiro atoms. The molecule has 118 valence electrons. The molecule has 0 atom stereocenters. The van der Waals surface area contributed by atoms with Crippen molar-refractivity contribution in [2.75, 3.05) is 13.2 Å². The monoisotopic (exact) mass is 317 g/mol. The van der Waals surface area contributed by atoms with E-state index in [9.17, 15) is 31.1 Å². The number of carbonyl (C=O) groups excluding carboxylic acids is 1. The predicted molar refractivity (Wildman–Crippen MR) is 58.1 cm³/mol. The number of ether oxygens (including phenoxy) is 2. The van der Waals surface area contributed by atoms with Crippen molar-refractivity contribution in [1.29, 1.82) is 0 Å². The lowest BCUT2D eigenvalue weighted by molar-refractivity contribution is -0.158. The zero-order valence-corrected chi connectivity index (χ0v) is 10.2. The van der Waals surface area contributed by atoms with E-state index in [0.717, 1.165) is 18.2 Å². The van der Waals surface area contributed by atoms with Crippen LogP contribution in [0, 0.1) is 0 Å². The van der Waals surface area contributed by atoms with Gasteiger partial charge in [0.05, 0.1) is 0 Å². The number of nitrogens with two attached hydrogens (primary N) is 1. The van der Waals surface area contributed by atoms with Crippen LogP contribution in [0.4, 0.5) is 26.3 Å². The van der Waals surface area contributed by atoms with Crippen molar-refractivity contribution >= 4 is 5.91 Å². The van der Waals surface area contributed by atoms with Gasteiger partial charge in [0.1, 0.15) is 0 Å². The summed E-state index contributed by atoms with van der Waals surface area (Å²) in [6.45, 7) is -3.47. The Balaban J connectivity index is 2.97. The minimum Gasteiger partial charge on any atom is -0.480 e. The van der Waals surface area contributed by atoms with Crippen molar-refractivity contribution in [3.8, 4) is 11.5 Å². The molecule has 0 saturated heterocycles. The quantitative estimate of drug-likeness (QED) is 0.849. The Kier molecular flexibility index (Phi) is 4.92. The summed E-state index contributed by atoms with van der Waals surface area (Å²) < 4.78 is 81.0. The van der Waals surface area contributed by atoms with Gasteiger partial charge in [-0.15, -0.1) is 0 Å². The lowest BCUT2D eigenvalue weighted by Gasteiger charge is -2.15. The summed E-state index contributed by atoms with van der Waals surface area (Å²) in [5.74, 6) is -2.22. The average Bonchev–Trinajstić information content (AvgIpc) is 2.32. The maximum Gasteiger partial charge on any atom is 0.422 e. The van der Waals surface area contributed by atoms with Gasteiger partial charge in [-0.25, -0.2) is 0 Å². The van der Waals surface area contributed by atoms with Gasteiger partial charge < -0.3 is 15.2 Å². The first-order valence-electron chi connectivity index (χ1n) is 5.31. The molecule has 1 amide bonds. The molecule has 0 heterocycles. The highest BCUT2D eigenvalue weighted by Gasteiger charge is 2.31. The second-order valence-electron chi connectivity index (χ2n) is 3.83. The highest BCUT2D eigenvalue weighted by atomic mass is 19.4. The molecule has 10 heteroatoms. The molecule has 0 bridgehead atoms. The molecule has 0 aliphatic rings.